The molecule has 1 aromatic rings. The maximum absolute atomic E-state index is 12.9. The molecule has 28 heavy (non-hydrogen) atoms. The fourth-order valence-electron chi connectivity index (χ4n) is 7.03. The van der Waals surface area contributed by atoms with E-state index in [0.717, 1.165) is 18.7 Å². The van der Waals surface area contributed by atoms with Crippen LogP contribution in [0.5, 0.6) is 17.2 Å². The first-order valence-electron chi connectivity index (χ1n) is 10.2. The van der Waals surface area contributed by atoms with Crippen molar-refractivity contribution in [3.05, 3.63) is 17.2 Å². The van der Waals surface area contributed by atoms with Gasteiger partial charge in [0, 0.05) is 30.7 Å². The standard InChI is InChI=1S/C21H25NO6/c1-22(9-10-2-3-10)5-4-20-16-11-6-12(23)17(26)18(16)28-19(20)13(24)8-15(25)21(20,27)14(22)7-11/h6,10,14-15,19,25,27H,2-5,7-9H2,1H3,(H-,23,26)/p+1/t14-,15?,19-,20-,21-,22+/m0/s1. The SMILES string of the molecule is C[N@+]1(CC2CC2)CC[C@]23c4c5cc(O)c(O)c4O[C@H]2C(=O)CC(O)[C@@]3(O)[C@@H]1C5. The number of carbonyl (C=O) groups is 1. The van der Waals surface area contributed by atoms with Gasteiger partial charge in [-0.25, -0.2) is 0 Å². The molecule has 150 valence electrons. The van der Waals surface area contributed by atoms with E-state index < -0.39 is 23.2 Å². The lowest BCUT2D eigenvalue weighted by Crippen LogP contribution is -2.84. The highest BCUT2D eigenvalue weighted by Crippen LogP contribution is 2.66. The third-order valence-electron chi connectivity index (χ3n) is 8.42. The molecule has 7 heteroatoms. The molecule has 3 aliphatic carbocycles. The molecule has 1 saturated heterocycles. The number of aromatic hydroxyl groups is 2. The van der Waals surface area contributed by atoms with Crippen molar-refractivity contribution in [1.29, 1.82) is 0 Å². The van der Waals surface area contributed by atoms with Crippen LogP contribution in [0.25, 0.3) is 0 Å². The predicted octanol–water partition coefficient (Wildman–Crippen LogP) is 0.346. The molecule has 0 aromatic heterocycles. The van der Waals surface area contributed by atoms with Crippen LogP contribution >= 0.6 is 0 Å². The zero-order valence-electron chi connectivity index (χ0n) is 15.9. The number of quaternary nitrogens is 1. The van der Waals surface area contributed by atoms with E-state index in [1.165, 1.54) is 12.8 Å². The Morgan fingerprint density at radius 3 is 2.75 bits per heavy atom. The molecule has 7 nitrogen and oxygen atoms in total. The highest BCUT2D eigenvalue weighted by atomic mass is 16.5. The van der Waals surface area contributed by atoms with Gasteiger partial charge in [-0.1, -0.05) is 0 Å². The van der Waals surface area contributed by atoms with Crippen LogP contribution in [0.1, 0.15) is 36.8 Å². The Labute approximate surface area is 162 Å². The molecule has 5 aliphatic rings. The van der Waals surface area contributed by atoms with Crippen LogP contribution in [-0.2, 0) is 16.6 Å². The largest absolute Gasteiger partial charge is 0.504 e. The molecule has 1 spiro atoms. The van der Waals surface area contributed by atoms with E-state index in [1.807, 2.05) is 0 Å². The van der Waals surface area contributed by atoms with Crippen molar-refractivity contribution in [1.82, 2.24) is 0 Å². The Morgan fingerprint density at radius 2 is 2.04 bits per heavy atom. The fraction of sp³-hybridized carbons (Fsp3) is 0.667. The van der Waals surface area contributed by atoms with Crippen LogP contribution in [-0.4, -0.2) is 74.7 Å². The van der Waals surface area contributed by atoms with E-state index in [4.69, 9.17) is 4.74 Å². The number of ether oxygens (including phenoxy) is 1. The quantitative estimate of drug-likeness (QED) is 0.430. The number of piperidine rings is 1. The van der Waals surface area contributed by atoms with Gasteiger partial charge in [0.2, 0.25) is 5.75 Å². The molecule has 3 fully saturated rings. The zero-order valence-corrected chi connectivity index (χ0v) is 15.9. The Balaban J connectivity index is 1.64. The van der Waals surface area contributed by atoms with Crippen molar-refractivity contribution in [2.24, 2.45) is 5.92 Å². The molecule has 0 amide bonds. The van der Waals surface area contributed by atoms with Crippen LogP contribution in [0, 0.1) is 5.92 Å². The van der Waals surface area contributed by atoms with Crippen molar-refractivity contribution in [2.75, 3.05) is 20.1 Å². The number of carbonyl (C=O) groups excluding carboxylic acids is 1. The number of phenols is 2. The molecule has 1 unspecified atom stereocenters. The minimum atomic E-state index is -1.50. The fourth-order valence-corrected chi connectivity index (χ4v) is 7.03. The van der Waals surface area contributed by atoms with Gasteiger partial charge >= 0.3 is 0 Å². The molecule has 6 rings (SSSR count). The predicted molar refractivity (Wildman–Crippen MR) is 97.2 cm³/mol. The van der Waals surface area contributed by atoms with E-state index in [0.29, 0.717) is 28.8 Å². The molecule has 6 atom stereocenters. The van der Waals surface area contributed by atoms with E-state index in [-0.39, 0.29) is 35.5 Å². The second-order valence-corrected chi connectivity index (χ2v) is 9.89. The number of nitrogens with zero attached hydrogens (tertiary/aromatic N) is 1. The number of benzene rings is 1. The molecule has 0 radical (unpaired) electrons. The summed E-state index contributed by atoms with van der Waals surface area (Å²) in [6.07, 6.45) is 1.12. The summed E-state index contributed by atoms with van der Waals surface area (Å²) in [6.45, 7) is 1.73. The average molecular weight is 388 g/mol. The van der Waals surface area contributed by atoms with E-state index in [1.54, 1.807) is 6.07 Å². The van der Waals surface area contributed by atoms with Gasteiger partial charge in [-0.05, 0) is 24.5 Å². The Kier molecular flexibility index (Phi) is 2.94. The van der Waals surface area contributed by atoms with Crippen LogP contribution in [0.2, 0.25) is 0 Å². The van der Waals surface area contributed by atoms with Gasteiger partial charge in [0.25, 0.3) is 0 Å². The summed E-state index contributed by atoms with van der Waals surface area (Å²) in [5.41, 5.74) is -1.14. The number of likely N-dealkylation sites (N-methyl/N-ethyl adjacent to an activating group) is 1. The number of Topliss-reactive ketones (excluding diaryl/α,β-unsaturated/α-hetero) is 1. The Morgan fingerprint density at radius 1 is 1.29 bits per heavy atom. The Bertz CT molecular complexity index is 928. The summed E-state index contributed by atoms with van der Waals surface area (Å²) in [4.78, 5) is 12.9. The molecule has 1 aromatic carbocycles. The lowest BCUT2D eigenvalue weighted by atomic mass is 9.47. The van der Waals surface area contributed by atoms with Crippen molar-refractivity contribution in [3.8, 4) is 17.2 Å². The number of aliphatic hydroxyl groups is 2. The van der Waals surface area contributed by atoms with Gasteiger partial charge in [-0.3, -0.25) is 4.79 Å². The van der Waals surface area contributed by atoms with E-state index in [2.05, 4.69) is 7.05 Å². The minimum Gasteiger partial charge on any atom is -0.504 e. The third-order valence-corrected chi connectivity index (χ3v) is 8.42. The van der Waals surface area contributed by atoms with Gasteiger partial charge in [0.05, 0.1) is 31.7 Å². The molecule has 2 bridgehead atoms. The lowest BCUT2D eigenvalue weighted by molar-refractivity contribution is -0.951. The van der Waals surface area contributed by atoms with E-state index in [9.17, 15) is 25.2 Å². The third kappa shape index (κ3) is 1.67. The second-order valence-electron chi connectivity index (χ2n) is 9.89. The molecule has 2 heterocycles. The number of hydrogen-bond acceptors (Lipinski definition) is 6. The van der Waals surface area contributed by atoms with Crippen molar-refractivity contribution in [2.45, 2.75) is 61.4 Å². The summed E-state index contributed by atoms with van der Waals surface area (Å²) in [7, 11) is 2.15. The zero-order chi connectivity index (χ0) is 19.6. The summed E-state index contributed by atoms with van der Waals surface area (Å²) < 4.78 is 6.59. The highest BCUT2D eigenvalue weighted by Gasteiger charge is 2.79. The van der Waals surface area contributed by atoms with Crippen molar-refractivity contribution in [3.63, 3.8) is 0 Å². The van der Waals surface area contributed by atoms with Crippen LogP contribution in [0.3, 0.4) is 0 Å². The summed E-state index contributed by atoms with van der Waals surface area (Å²) in [5, 5.41) is 43.9. The van der Waals surface area contributed by atoms with Crippen molar-refractivity contribution >= 4 is 5.78 Å². The smallest absolute Gasteiger partial charge is 0.200 e. The number of likely N-dealkylation sites (tertiary alicyclic amines) is 1. The number of ketones is 1. The summed E-state index contributed by atoms with van der Waals surface area (Å²) >= 11 is 0. The monoisotopic (exact) mass is 388 g/mol. The number of hydrogen-bond donors (Lipinski definition) is 4. The average Bonchev–Trinajstić information content (AvgIpc) is 3.36. The number of rotatable bonds is 2. The molecule has 2 saturated carbocycles. The highest BCUT2D eigenvalue weighted by molar-refractivity contribution is 5.91. The summed E-state index contributed by atoms with van der Waals surface area (Å²) in [6, 6.07) is 1.25. The molecular formula is C21H26NO6+. The second kappa shape index (κ2) is 4.83. The van der Waals surface area contributed by atoms with E-state index >= 15 is 0 Å². The normalized spacial score (nSPS) is 45.5. The molecule has 2 aliphatic heterocycles. The first kappa shape index (κ1) is 17.1. The van der Waals surface area contributed by atoms with Gasteiger partial charge < -0.3 is 29.6 Å². The first-order chi connectivity index (χ1) is 13.2. The molecule has 4 N–H and O–H groups in total. The Hall–Kier alpha value is -1.83. The van der Waals surface area contributed by atoms with Gasteiger partial charge in [0.1, 0.15) is 6.04 Å². The maximum atomic E-state index is 12.9. The van der Waals surface area contributed by atoms with Gasteiger partial charge in [0.15, 0.2) is 29.0 Å². The van der Waals surface area contributed by atoms with Gasteiger partial charge in [-0.2, -0.15) is 0 Å². The van der Waals surface area contributed by atoms with Crippen LogP contribution < -0.4 is 4.74 Å². The first-order valence-corrected chi connectivity index (χ1v) is 10.2. The topological polar surface area (TPSA) is 107 Å². The number of aliphatic hydroxyl groups excluding tert-OH is 1. The van der Waals surface area contributed by atoms with Crippen molar-refractivity contribution < 1.29 is 34.4 Å². The lowest BCUT2D eigenvalue weighted by Gasteiger charge is -2.65. The number of phenolic OH excluding ortho intramolecular Hbond substituents is 2. The van der Waals surface area contributed by atoms with Gasteiger partial charge in [-0.15, -0.1) is 0 Å². The van der Waals surface area contributed by atoms with Crippen LogP contribution in [0.15, 0.2) is 6.07 Å². The minimum absolute atomic E-state index is 0.109. The summed E-state index contributed by atoms with van der Waals surface area (Å²) in [5.74, 6) is -0.149. The molecular weight excluding hydrogens is 362 g/mol. The van der Waals surface area contributed by atoms with Crippen LogP contribution in [0.4, 0.5) is 0 Å². The maximum Gasteiger partial charge on any atom is 0.200 e.